The van der Waals surface area contributed by atoms with Crippen LogP contribution in [-0.4, -0.2) is 44.6 Å². The van der Waals surface area contributed by atoms with Gasteiger partial charge in [0.1, 0.15) is 11.9 Å². The van der Waals surface area contributed by atoms with Crippen molar-refractivity contribution in [3.8, 4) is 6.07 Å². The number of pyridine rings is 1. The van der Waals surface area contributed by atoms with Crippen molar-refractivity contribution in [2.75, 3.05) is 18.0 Å². The molecule has 8 nitrogen and oxygen atoms in total. The molecule has 1 amide bonds. The quantitative estimate of drug-likeness (QED) is 0.685. The van der Waals surface area contributed by atoms with Crippen molar-refractivity contribution >= 4 is 17.4 Å². The first-order valence-electron chi connectivity index (χ1n) is 10.7. The molecule has 0 aromatic carbocycles. The van der Waals surface area contributed by atoms with Crippen LogP contribution in [0.2, 0.25) is 0 Å². The lowest BCUT2D eigenvalue weighted by molar-refractivity contribution is -0.121. The highest BCUT2D eigenvalue weighted by atomic mass is 16.1. The number of nitriles is 1. The number of carbonyl (C=O) groups excluding carboxylic acids is 1. The van der Waals surface area contributed by atoms with E-state index in [1.54, 1.807) is 12.3 Å². The van der Waals surface area contributed by atoms with Crippen LogP contribution in [-0.2, 0) is 11.2 Å². The molecule has 4 rings (SSSR count). The van der Waals surface area contributed by atoms with E-state index in [1.165, 1.54) is 0 Å². The van der Waals surface area contributed by atoms with Crippen molar-refractivity contribution in [1.29, 1.82) is 5.26 Å². The first kappa shape index (κ1) is 20.8. The Morgan fingerprint density at radius 3 is 2.71 bits per heavy atom. The van der Waals surface area contributed by atoms with E-state index in [-0.39, 0.29) is 11.9 Å². The molecule has 1 aliphatic rings. The smallest absolute Gasteiger partial charge is 0.220 e. The van der Waals surface area contributed by atoms with Gasteiger partial charge in [-0.05, 0) is 57.7 Å². The van der Waals surface area contributed by atoms with E-state index in [0.29, 0.717) is 18.4 Å². The normalized spacial score (nSPS) is 14.6. The Kier molecular flexibility index (Phi) is 5.85. The second-order valence-corrected chi connectivity index (χ2v) is 8.16. The molecule has 3 aromatic rings. The summed E-state index contributed by atoms with van der Waals surface area (Å²) in [7, 11) is 0. The number of aromatic nitrogens is 4. The van der Waals surface area contributed by atoms with E-state index in [4.69, 9.17) is 5.26 Å². The number of aryl methyl sites for hydroxylation is 3. The molecule has 1 aliphatic heterocycles. The average Bonchev–Trinajstić information content (AvgIpc) is 3.14. The molecule has 31 heavy (non-hydrogen) atoms. The fraction of sp³-hybridized carbons (Fsp3) is 0.435. The van der Waals surface area contributed by atoms with Crippen molar-refractivity contribution in [3.63, 3.8) is 0 Å². The zero-order valence-electron chi connectivity index (χ0n) is 18.2. The number of anilines is 1. The van der Waals surface area contributed by atoms with Gasteiger partial charge in [-0.2, -0.15) is 10.4 Å². The third-order valence-electron chi connectivity index (χ3n) is 5.95. The molecule has 8 heteroatoms. The van der Waals surface area contributed by atoms with Crippen LogP contribution in [0, 0.1) is 32.1 Å². The van der Waals surface area contributed by atoms with E-state index in [0.717, 1.165) is 60.0 Å². The minimum Gasteiger partial charge on any atom is -0.356 e. The average molecular weight is 418 g/mol. The van der Waals surface area contributed by atoms with Crippen molar-refractivity contribution in [2.45, 2.75) is 52.5 Å². The molecule has 0 radical (unpaired) electrons. The molecule has 1 fully saturated rings. The molecular formula is C23H27N7O. The number of carbonyl (C=O) groups is 1. The number of piperidine rings is 1. The van der Waals surface area contributed by atoms with E-state index in [1.807, 2.05) is 37.4 Å². The topological polar surface area (TPSA) is 99.2 Å². The Morgan fingerprint density at radius 2 is 2.03 bits per heavy atom. The monoisotopic (exact) mass is 417 g/mol. The molecule has 0 saturated carbocycles. The summed E-state index contributed by atoms with van der Waals surface area (Å²) in [6.45, 7) is 7.66. The van der Waals surface area contributed by atoms with Crippen LogP contribution in [0.5, 0.6) is 0 Å². The van der Waals surface area contributed by atoms with Crippen LogP contribution in [0.25, 0.3) is 5.65 Å². The summed E-state index contributed by atoms with van der Waals surface area (Å²) >= 11 is 0. The SMILES string of the molecule is Cc1cc2nc(C)c(CCC(=O)NC3CCN(c4ccc(C#N)cn4)CC3)c(C)n2n1. The molecule has 0 aliphatic carbocycles. The lowest BCUT2D eigenvalue weighted by Gasteiger charge is -2.33. The molecular weight excluding hydrogens is 390 g/mol. The first-order valence-corrected chi connectivity index (χ1v) is 10.7. The van der Waals surface area contributed by atoms with Gasteiger partial charge in [-0.15, -0.1) is 0 Å². The van der Waals surface area contributed by atoms with Crippen LogP contribution in [0.3, 0.4) is 0 Å². The van der Waals surface area contributed by atoms with Crippen LogP contribution in [0.1, 0.15) is 47.5 Å². The predicted molar refractivity (Wildman–Crippen MR) is 118 cm³/mol. The molecule has 0 spiro atoms. The van der Waals surface area contributed by atoms with Crippen LogP contribution in [0.15, 0.2) is 24.4 Å². The molecule has 1 saturated heterocycles. The third kappa shape index (κ3) is 4.50. The molecule has 0 bridgehead atoms. The number of rotatable bonds is 5. The fourth-order valence-electron chi connectivity index (χ4n) is 4.23. The second-order valence-electron chi connectivity index (χ2n) is 8.16. The summed E-state index contributed by atoms with van der Waals surface area (Å²) in [5, 5.41) is 16.6. The van der Waals surface area contributed by atoms with E-state index in [9.17, 15) is 4.79 Å². The van der Waals surface area contributed by atoms with Crippen molar-refractivity contribution in [2.24, 2.45) is 0 Å². The predicted octanol–water partition coefficient (Wildman–Crippen LogP) is 2.64. The Morgan fingerprint density at radius 1 is 1.26 bits per heavy atom. The summed E-state index contributed by atoms with van der Waals surface area (Å²) < 4.78 is 1.86. The standard InChI is InChI=1S/C23H27N7O/c1-15-12-22-26-16(2)20(17(3)30(22)28-15)5-7-23(31)27-19-8-10-29(11-9-19)21-6-4-18(13-24)14-25-21/h4,6,12,14,19H,5,7-11H2,1-3H3,(H,27,31). The highest BCUT2D eigenvalue weighted by Crippen LogP contribution is 2.19. The number of amides is 1. The largest absolute Gasteiger partial charge is 0.356 e. The maximum atomic E-state index is 12.6. The van der Waals surface area contributed by atoms with Gasteiger partial charge in [-0.1, -0.05) is 0 Å². The highest BCUT2D eigenvalue weighted by molar-refractivity contribution is 5.76. The Bertz CT molecular complexity index is 1140. The molecule has 3 aromatic heterocycles. The van der Waals surface area contributed by atoms with Crippen molar-refractivity contribution < 1.29 is 4.79 Å². The molecule has 160 valence electrons. The lowest BCUT2D eigenvalue weighted by atomic mass is 10.0. The highest BCUT2D eigenvalue weighted by Gasteiger charge is 2.22. The fourth-order valence-corrected chi connectivity index (χ4v) is 4.23. The van der Waals surface area contributed by atoms with Gasteiger partial charge in [0.05, 0.1) is 11.3 Å². The van der Waals surface area contributed by atoms with Gasteiger partial charge in [-0.25, -0.2) is 14.5 Å². The minimum atomic E-state index is 0.0745. The number of fused-ring (bicyclic) bond motifs is 1. The van der Waals surface area contributed by atoms with Gasteiger partial charge in [0.2, 0.25) is 5.91 Å². The summed E-state index contributed by atoms with van der Waals surface area (Å²) in [5.41, 5.74) is 5.45. The summed E-state index contributed by atoms with van der Waals surface area (Å²) in [4.78, 5) is 23.8. The molecule has 0 unspecified atom stereocenters. The zero-order valence-corrected chi connectivity index (χ0v) is 18.2. The summed E-state index contributed by atoms with van der Waals surface area (Å²) in [6, 6.07) is 7.91. The van der Waals surface area contributed by atoms with E-state index >= 15 is 0 Å². The van der Waals surface area contributed by atoms with Gasteiger partial charge in [0.25, 0.3) is 0 Å². The van der Waals surface area contributed by atoms with Crippen LogP contribution in [0.4, 0.5) is 5.82 Å². The van der Waals surface area contributed by atoms with Gasteiger partial charge in [0.15, 0.2) is 5.65 Å². The third-order valence-corrected chi connectivity index (χ3v) is 5.95. The Balaban J connectivity index is 1.30. The van der Waals surface area contributed by atoms with Gasteiger partial charge in [0, 0.05) is 49.2 Å². The molecule has 0 atom stereocenters. The maximum absolute atomic E-state index is 12.6. The summed E-state index contributed by atoms with van der Waals surface area (Å²) in [5.74, 6) is 0.956. The Labute approximate surface area is 181 Å². The van der Waals surface area contributed by atoms with Gasteiger partial charge >= 0.3 is 0 Å². The molecule has 4 heterocycles. The lowest BCUT2D eigenvalue weighted by Crippen LogP contribution is -2.45. The Hall–Kier alpha value is -3.47. The second kappa shape index (κ2) is 8.72. The number of nitrogens with zero attached hydrogens (tertiary/aromatic N) is 6. The maximum Gasteiger partial charge on any atom is 0.220 e. The number of hydrogen-bond donors (Lipinski definition) is 1. The van der Waals surface area contributed by atoms with Crippen LogP contribution < -0.4 is 10.2 Å². The van der Waals surface area contributed by atoms with E-state index < -0.39 is 0 Å². The van der Waals surface area contributed by atoms with Crippen LogP contribution >= 0.6 is 0 Å². The van der Waals surface area contributed by atoms with E-state index in [2.05, 4.69) is 31.4 Å². The summed E-state index contributed by atoms with van der Waals surface area (Å²) in [6.07, 6.45) is 4.45. The first-order chi connectivity index (χ1) is 14.9. The van der Waals surface area contributed by atoms with Gasteiger partial charge < -0.3 is 10.2 Å². The molecule has 1 N–H and O–H groups in total. The zero-order chi connectivity index (χ0) is 22.0. The van der Waals surface area contributed by atoms with Crippen molar-refractivity contribution in [1.82, 2.24) is 24.9 Å². The minimum absolute atomic E-state index is 0.0745. The number of hydrogen-bond acceptors (Lipinski definition) is 6. The van der Waals surface area contributed by atoms with Crippen molar-refractivity contribution in [3.05, 3.63) is 52.6 Å². The van der Waals surface area contributed by atoms with Gasteiger partial charge in [-0.3, -0.25) is 4.79 Å². The number of nitrogens with one attached hydrogen (secondary N) is 1.